The Bertz CT molecular complexity index is 353. The van der Waals surface area contributed by atoms with E-state index in [-0.39, 0.29) is 0 Å². The molecule has 0 saturated carbocycles. The first-order chi connectivity index (χ1) is 9.96. The van der Waals surface area contributed by atoms with Gasteiger partial charge in [-0.2, -0.15) is 0 Å². The molecule has 0 amide bonds. The van der Waals surface area contributed by atoms with Crippen molar-refractivity contribution >= 4 is 49.5 Å². The second kappa shape index (κ2) is 5.77. The van der Waals surface area contributed by atoms with Gasteiger partial charge in [0.2, 0.25) is 0 Å². The molecule has 0 N–H and O–H groups in total. The molecule has 0 radical (unpaired) electrons. The quantitative estimate of drug-likeness (QED) is 0.466. The maximum atomic E-state index is 5.69. The third-order valence-corrected chi connectivity index (χ3v) is 24.4. The van der Waals surface area contributed by atoms with Gasteiger partial charge in [-0.15, -0.1) is 44.8 Å². The van der Waals surface area contributed by atoms with Crippen LogP contribution in [0.1, 0.15) is 27.7 Å². The number of hydrogen-bond donors (Lipinski definition) is 0. The normalized spacial score (nSPS) is 53.1. The first-order valence-corrected chi connectivity index (χ1v) is 15.7. The first-order valence-electron chi connectivity index (χ1n) is 7.29. The average Bonchev–Trinajstić information content (AvgIpc) is 3.29. The zero-order valence-corrected chi connectivity index (χ0v) is 16.7. The van der Waals surface area contributed by atoms with Gasteiger partial charge in [-0.3, -0.25) is 0 Å². The van der Waals surface area contributed by atoms with Crippen LogP contribution >= 0.6 is 44.8 Å². The molecule has 4 aliphatic heterocycles. The van der Waals surface area contributed by atoms with E-state index in [1.165, 1.54) is 0 Å². The molecule has 4 heterocycles. The van der Waals surface area contributed by atoms with Gasteiger partial charge in [-0.25, -0.2) is 0 Å². The molecule has 0 aliphatic carbocycles. The standard InChI is InChI=1S/C12H20O4S4Si/c1-5-9(13-5)17-21(18-10-6(2)14-10,19-11-7(3)15-11)20-12-8(4)16-12/h5-12H,1-4H3. The van der Waals surface area contributed by atoms with E-state index in [1.54, 1.807) is 0 Å². The maximum Gasteiger partial charge on any atom is 0.310 e. The molecule has 0 aromatic rings. The van der Waals surface area contributed by atoms with Crippen molar-refractivity contribution in [1.82, 2.24) is 0 Å². The molecular weight excluding hydrogens is 364 g/mol. The van der Waals surface area contributed by atoms with Gasteiger partial charge < -0.3 is 18.9 Å². The summed E-state index contributed by atoms with van der Waals surface area (Å²) in [5.41, 5.74) is 1.39. The molecule has 21 heavy (non-hydrogen) atoms. The SMILES string of the molecule is CC1OC1S[Si](SC1OC1C)(SC1OC1C)SC1OC1C. The summed E-state index contributed by atoms with van der Waals surface area (Å²) in [5.74, 6) is 0. The molecule has 8 unspecified atom stereocenters. The average molecular weight is 385 g/mol. The lowest BCUT2D eigenvalue weighted by molar-refractivity contribution is 0.414. The van der Waals surface area contributed by atoms with E-state index in [9.17, 15) is 0 Å². The van der Waals surface area contributed by atoms with E-state index in [0.717, 1.165) is 0 Å². The highest BCUT2D eigenvalue weighted by Gasteiger charge is 2.59. The second-order valence-corrected chi connectivity index (χ2v) is 24.4. The lowest BCUT2D eigenvalue weighted by Gasteiger charge is -2.26. The van der Waals surface area contributed by atoms with Crippen LogP contribution in [0.4, 0.5) is 0 Å². The fourth-order valence-corrected chi connectivity index (χ4v) is 25.7. The van der Waals surface area contributed by atoms with Crippen LogP contribution in [-0.2, 0) is 18.9 Å². The smallest absolute Gasteiger partial charge is 0.310 e. The van der Waals surface area contributed by atoms with E-state index in [2.05, 4.69) is 27.7 Å². The van der Waals surface area contributed by atoms with Crippen molar-refractivity contribution in [3.63, 3.8) is 0 Å². The molecule has 4 nitrogen and oxygen atoms in total. The lowest BCUT2D eigenvalue weighted by atomic mass is 10.6. The van der Waals surface area contributed by atoms with E-state index in [0.29, 0.717) is 46.2 Å². The number of hydrogen-bond acceptors (Lipinski definition) is 8. The van der Waals surface area contributed by atoms with Crippen LogP contribution in [-0.4, -0.2) is 50.8 Å². The van der Waals surface area contributed by atoms with Crippen molar-refractivity contribution in [2.75, 3.05) is 0 Å². The molecule has 4 fully saturated rings. The molecule has 0 aromatic heterocycles. The summed E-state index contributed by atoms with van der Waals surface area (Å²) in [6, 6.07) is 0. The Morgan fingerprint density at radius 3 is 0.857 bits per heavy atom. The Balaban J connectivity index is 1.47. The van der Waals surface area contributed by atoms with Crippen LogP contribution in [0.25, 0.3) is 0 Å². The predicted molar refractivity (Wildman–Crippen MR) is 93.5 cm³/mol. The van der Waals surface area contributed by atoms with Gasteiger partial charge in [0.05, 0.1) is 24.4 Å². The minimum atomic E-state index is -1.80. The highest BCUT2D eigenvalue weighted by molar-refractivity contribution is 9.00. The van der Waals surface area contributed by atoms with Gasteiger partial charge in [0, 0.05) is 0 Å². The molecule has 8 atom stereocenters. The van der Waals surface area contributed by atoms with Gasteiger partial charge in [0.1, 0.15) is 21.7 Å². The fraction of sp³-hybridized carbons (Fsp3) is 1.00. The molecule has 4 aliphatic rings. The molecule has 0 aromatic carbocycles. The van der Waals surface area contributed by atoms with E-state index >= 15 is 0 Å². The summed E-state index contributed by atoms with van der Waals surface area (Å²) in [6.07, 6.45) is 1.54. The van der Waals surface area contributed by atoms with E-state index < -0.39 is 4.67 Å². The summed E-state index contributed by atoms with van der Waals surface area (Å²) in [5, 5.41) is 0. The number of rotatable bonds is 8. The lowest BCUT2D eigenvalue weighted by Crippen LogP contribution is -2.25. The van der Waals surface area contributed by atoms with Gasteiger partial charge in [-0.05, 0) is 27.7 Å². The van der Waals surface area contributed by atoms with Crippen molar-refractivity contribution in [1.29, 1.82) is 0 Å². The van der Waals surface area contributed by atoms with Crippen molar-refractivity contribution in [2.24, 2.45) is 0 Å². The largest absolute Gasteiger partial charge is 0.359 e. The minimum Gasteiger partial charge on any atom is -0.359 e. The van der Waals surface area contributed by atoms with Crippen LogP contribution < -0.4 is 0 Å². The third-order valence-electron chi connectivity index (χ3n) is 3.66. The van der Waals surface area contributed by atoms with Crippen molar-refractivity contribution in [2.45, 2.75) is 73.9 Å². The van der Waals surface area contributed by atoms with Gasteiger partial charge in [0.25, 0.3) is 0 Å². The maximum absolute atomic E-state index is 5.69. The zero-order chi connectivity index (χ0) is 14.8. The molecule has 0 bridgehead atoms. The summed E-state index contributed by atoms with van der Waals surface area (Å²) >= 11 is 8.17. The Hall–Kier alpha value is 1.46. The molecule has 120 valence electrons. The topological polar surface area (TPSA) is 50.1 Å². The molecule has 4 saturated heterocycles. The molecular formula is C12H20O4S4Si. The van der Waals surface area contributed by atoms with Crippen LogP contribution in [0.15, 0.2) is 0 Å². The molecule has 9 heteroatoms. The monoisotopic (exact) mass is 384 g/mol. The van der Waals surface area contributed by atoms with E-state index in [4.69, 9.17) is 18.9 Å². The summed E-state index contributed by atoms with van der Waals surface area (Å²) in [6.45, 7) is 8.61. The predicted octanol–water partition coefficient (Wildman–Crippen LogP) is 3.33. The van der Waals surface area contributed by atoms with E-state index in [1.807, 2.05) is 44.8 Å². The fourth-order valence-electron chi connectivity index (χ4n) is 1.89. The van der Waals surface area contributed by atoms with Gasteiger partial charge in [-0.1, -0.05) is 0 Å². The van der Waals surface area contributed by atoms with Crippen LogP contribution in [0.3, 0.4) is 0 Å². The minimum absolute atomic E-state index is 0.348. The Labute approximate surface area is 142 Å². The van der Waals surface area contributed by atoms with Crippen LogP contribution in [0.5, 0.6) is 0 Å². The van der Waals surface area contributed by atoms with Crippen LogP contribution in [0, 0.1) is 0 Å². The molecule has 4 rings (SSSR count). The summed E-state index contributed by atoms with van der Waals surface area (Å²) < 4.78 is 21.0. The Morgan fingerprint density at radius 1 is 0.524 bits per heavy atom. The number of epoxide rings is 4. The summed E-state index contributed by atoms with van der Waals surface area (Å²) in [7, 11) is 0. The Morgan fingerprint density at radius 2 is 0.714 bits per heavy atom. The zero-order valence-electron chi connectivity index (χ0n) is 12.4. The van der Waals surface area contributed by atoms with Crippen molar-refractivity contribution < 1.29 is 18.9 Å². The second-order valence-electron chi connectivity index (χ2n) is 5.81. The van der Waals surface area contributed by atoms with Gasteiger partial charge in [0.15, 0.2) is 0 Å². The number of ether oxygens (including phenoxy) is 4. The van der Waals surface area contributed by atoms with Crippen molar-refractivity contribution in [3.05, 3.63) is 0 Å². The third kappa shape index (κ3) is 3.93. The van der Waals surface area contributed by atoms with Crippen molar-refractivity contribution in [3.8, 4) is 0 Å². The Kier molecular flexibility index (Phi) is 4.38. The highest BCUT2D eigenvalue weighted by Crippen LogP contribution is 2.64. The highest BCUT2D eigenvalue weighted by atomic mass is 32.9. The molecule has 0 spiro atoms. The van der Waals surface area contributed by atoms with Crippen LogP contribution in [0.2, 0.25) is 0 Å². The first kappa shape index (κ1) is 16.0. The van der Waals surface area contributed by atoms with Gasteiger partial charge >= 0.3 is 4.67 Å². The summed E-state index contributed by atoms with van der Waals surface area (Å²) in [4.78, 5) is 0.